The van der Waals surface area contributed by atoms with Crippen LogP contribution in [0.2, 0.25) is 10.0 Å². The Morgan fingerprint density at radius 2 is 1.89 bits per heavy atom. The van der Waals surface area contributed by atoms with Crippen LogP contribution >= 0.6 is 46.3 Å². The lowest BCUT2D eigenvalue weighted by Gasteiger charge is -2.23. The second kappa shape index (κ2) is 14.1. The quantitative estimate of drug-likeness (QED) is 0.0540. The third-order valence-electron chi connectivity index (χ3n) is 7.63. The van der Waals surface area contributed by atoms with E-state index in [0.29, 0.717) is 62.4 Å². The molecule has 3 heterocycles. The molecule has 2 atom stereocenters. The van der Waals surface area contributed by atoms with Crippen LogP contribution in [0.5, 0.6) is 17.2 Å². The first kappa shape index (κ1) is 33.1. The van der Waals surface area contributed by atoms with E-state index in [1.165, 1.54) is 28.0 Å². The average molecular weight is 713 g/mol. The van der Waals surface area contributed by atoms with Gasteiger partial charge >= 0.3 is 5.91 Å². The first-order chi connectivity index (χ1) is 22.7. The van der Waals surface area contributed by atoms with Gasteiger partial charge < -0.3 is 19.3 Å². The fourth-order valence-corrected chi connectivity index (χ4v) is 7.93. The summed E-state index contributed by atoms with van der Waals surface area (Å²) in [5, 5.41) is 21.6. The van der Waals surface area contributed by atoms with Gasteiger partial charge in [-0.15, -0.1) is 10.2 Å². The van der Waals surface area contributed by atoms with Crippen molar-refractivity contribution in [3.05, 3.63) is 92.5 Å². The van der Waals surface area contributed by atoms with Gasteiger partial charge in [-0.2, -0.15) is 0 Å². The summed E-state index contributed by atoms with van der Waals surface area (Å²) in [5.41, 5.74) is 2.65. The monoisotopic (exact) mass is 711 g/mol. The van der Waals surface area contributed by atoms with Crippen LogP contribution in [-0.4, -0.2) is 46.3 Å². The molecule has 1 fully saturated rings. The number of thioether (sulfide) groups is 1. The van der Waals surface area contributed by atoms with Crippen LogP contribution in [0, 0.1) is 0 Å². The summed E-state index contributed by atoms with van der Waals surface area (Å²) >= 11 is 15.0. The van der Waals surface area contributed by atoms with Gasteiger partial charge in [-0.3, -0.25) is 14.5 Å². The molecule has 13 heteroatoms. The smallest absolute Gasteiger partial charge is 0.301 e. The number of hydrogen-bond donors (Lipinski definition) is 1. The lowest BCUT2D eigenvalue weighted by Crippen LogP contribution is -2.29. The number of Topliss-reactive ketones (excluding diaryl/α,β-unsaturated/α-hetero) is 1. The standard InChI is InChI=1S/C34H31Cl2N3O6S2/c1-4-12-44-26-11-7-19(15-27(26)43-5-2)29-28(30(40)20-8-10-25-22(14-20)13-18(3)45-25)31(41)32(42)39(29)33-37-38-34(47-33)46-17-21-6-9-23(35)16-24(21)36/h6-11,14-16,18,29,40H,4-5,12-13,17H2,1-3H3. The van der Waals surface area contributed by atoms with Crippen LogP contribution in [0.1, 0.15) is 55.5 Å². The molecule has 0 radical (unpaired) electrons. The maximum absolute atomic E-state index is 13.8. The Morgan fingerprint density at radius 1 is 1.06 bits per heavy atom. The van der Waals surface area contributed by atoms with E-state index in [4.69, 9.17) is 37.4 Å². The molecule has 3 aromatic carbocycles. The van der Waals surface area contributed by atoms with E-state index in [0.717, 1.165) is 23.3 Å². The number of anilines is 1. The number of carbonyl (C=O) groups excluding carboxylic acids is 2. The van der Waals surface area contributed by atoms with E-state index in [2.05, 4.69) is 10.2 Å². The largest absolute Gasteiger partial charge is 0.507 e. The third-order valence-corrected chi connectivity index (χ3v) is 10.3. The Labute approximate surface area is 290 Å². The molecule has 2 unspecified atom stereocenters. The first-order valence-electron chi connectivity index (χ1n) is 15.1. The minimum atomic E-state index is -1.02. The van der Waals surface area contributed by atoms with Gasteiger partial charge in [-0.1, -0.05) is 65.4 Å². The molecule has 0 aliphatic carbocycles. The van der Waals surface area contributed by atoms with Crippen molar-refractivity contribution in [3.8, 4) is 17.2 Å². The van der Waals surface area contributed by atoms with Gasteiger partial charge in [0.15, 0.2) is 15.8 Å². The van der Waals surface area contributed by atoms with E-state index in [-0.39, 0.29) is 22.6 Å². The Bertz CT molecular complexity index is 1880. The summed E-state index contributed by atoms with van der Waals surface area (Å²) in [7, 11) is 0. The van der Waals surface area contributed by atoms with E-state index >= 15 is 0 Å². The van der Waals surface area contributed by atoms with Gasteiger partial charge in [-0.05, 0) is 79.4 Å². The van der Waals surface area contributed by atoms with Crippen molar-refractivity contribution in [3.63, 3.8) is 0 Å². The highest BCUT2D eigenvalue weighted by Gasteiger charge is 2.48. The number of amides is 1. The fraction of sp³-hybridized carbons (Fsp3) is 0.294. The van der Waals surface area contributed by atoms with E-state index in [1.54, 1.807) is 48.5 Å². The predicted molar refractivity (Wildman–Crippen MR) is 184 cm³/mol. The third kappa shape index (κ3) is 6.80. The number of ketones is 1. The van der Waals surface area contributed by atoms with Gasteiger partial charge in [0, 0.05) is 27.8 Å². The van der Waals surface area contributed by atoms with Gasteiger partial charge in [0.1, 0.15) is 17.6 Å². The van der Waals surface area contributed by atoms with Gasteiger partial charge in [0.05, 0.1) is 24.8 Å². The van der Waals surface area contributed by atoms with Crippen LogP contribution in [0.4, 0.5) is 5.13 Å². The molecule has 0 bridgehead atoms. The zero-order valence-corrected chi connectivity index (χ0v) is 28.9. The van der Waals surface area contributed by atoms with Crippen molar-refractivity contribution in [2.45, 2.75) is 55.9 Å². The van der Waals surface area contributed by atoms with Gasteiger partial charge in [-0.25, -0.2) is 0 Å². The molecule has 1 saturated heterocycles. The average Bonchev–Trinajstić information content (AvgIpc) is 3.74. The van der Waals surface area contributed by atoms with E-state index in [9.17, 15) is 14.7 Å². The molecule has 2 aliphatic rings. The number of aliphatic hydroxyl groups excluding tert-OH is 1. The number of carbonyl (C=O) groups is 2. The molecule has 244 valence electrons. The fourth-order valence-electron chi connectivity index (χ4n) is 5.50. The molecule has 9 nitrogen and oxygen atoms in total. The number of rotatable bonds is 11. The Kier molecular flexibility index (Phi) is 9.98. The molecule has 2 aliphatic heterocycles. The van der Waals surface area contributed by atoms with Crippen molar-refractivity contribution < 1.29 is 28.9 Å². The molecule has 4 aromatic rings. The molecular formula is C34H31Cl2N3O6S2. The summed E-state index contributed by atoms with van der Waals surface area (Å²) < 4.78 is 18.2. The molecule has 1 aromatic heterocycles. The summed E-state index contributed by atoms with van der Waals surface area (Å²) in [4.78, 5) is 28.9. The summed E-state index contributed by atoms with van der Waals surface area (Å²) in [6.07, 6.45) is 1.47. The molecule has 0 spiro atoms. The number of nitrogens with zero attached hydrogens (tertiary/aromatic N) is 3. The lowest BCUT2D eigenvalue weighted by atomic mass is 9.94. The highest BCUT2D eigenvalue weighted by Crippen LogP contribution is 2.46. The lowest BCUT2D eigenvalue weighted by molar-refractivity contribution is -0.132. The topological polar surface area (TPSA) is 111 Å². The maximum atomic E-state index is 13.8. The maximum Gasteiger partial charge on any atom is 0.301 e. The molecule has 1 N–H and O–H groups in total. The van der Waals surface area contributed by atoms with Crippen molar-refractivity contribution >= 4 is 68.9 Å². The van der Waals surface area contributed by atoms with Crippen molar-refractivity contribution in [2.75, 3.05) is 18.1 Å². The predicted octanol–water partition coefficient (Wildman–Crippen LogP) is 8.27. The number of aliphatic hydroxyl groups is 1. The zero-order valence-electron chi connectivity index (χ0n) is 25.8. The second-order valence-corrected chi connectivity index (χ2v) is 14.0. The normalized spacial score (nSPS) is 18.4. The van der Waals surface area contributed by atoms with Gasteiger partial charge in [0.25, 0.3) is 5.78 Å². The molecule has 1 amide bonds. The number of hydrogen-bond acceptors (Lipinski definition) is 10. The van der Waals surface area contributed by atoms with E-state index in [1.807, 2.05) is 26.8 Å². The minimum absolute atomic E-state index is 0.00131. The molecule has 6 rings (SSSR count). The van der Waals surface area contributed by atoms with Crippen LogP contribution in [0.3, 0.4) is 0 Å². The summed E-state index contributed by atoms with van der Waals surface area (Å²) in [6, 6.07) is 14.8. The molecule has 47 heavy (non-hydrogen) atoms. The highest BCUT2D eigenvalue weighted by molar-refractivity contribution is 8.00. The van der Waals surface area contributed by atoms with E-state index < -0.39 is 17.7 Å². The molecular weight excluding hydrogens is 681 g/mol. The number of aromatic nitrogens is 2. The van der Waals surface area contributed by atoms with Crippen molar-refractivity contribution in [2.24, 2.45) is 0 Å². The van der Waals surface area contributed by atoms with Crippen molar-refractivity contribution in [1.82, 2.24) is 10.2 Å². The Morgan fingerprint density at radius 3 is 2.66 bits per heavy atom. The number of fused-ring (bicyclic) bond motifs is 1. The van der Waals surface area contributed by atoms with Crippen LogP contribution in [0.15, 0.2) is 64.5 Å². The minimum Gasteiger partial charge on any atom is -0.507 e. The summed E-state index contributed by atoms with van der Waals surface area (Å²) in [5.74, 6) is 0.267. The SMILES string of the molecule is CCCOc1ccc(C2C(=C(O)c3ccc4c(c3)CC(C)O4)C(=O)C(=O)N2c2nnc(SCc3ccc(Cl)cc3Cl)s2)cc1OCC. The van der Waals surface area contributed by atoms with Crippen LogP contribution < -0.4 is 19.1 Å². The summed E-state index contributed by atoms with van der Waals surface area (Å²) in [6.45, 7) is 6.69. The number of ether oxygens (including phenoxy) is 3. The molecule has 0 saturated carbocycles. The number of benzene rings is 3. The first-order valence-corrected chi connectivity index (χ1v) is 17.6. The second-order valence-electron chi connectivity index (χ2n) is 11.0. The van der Waals surface area contributed by atoms with Crippen LogP contribution in [0.25, 0.3) is 5.76 Å². The van der Waals surface area contributed by atoms with Crippen LogP contribution in [-0.2, 0) is 21.8 Å². The highest BCUT2D eigenvalue weighted by atomic mass is 35.5. The number of halogens is 2. The zero-order chi connectivity index (χ0) is 33.2. The Hall–Kier alpha value is -3.77. The Balaban J connectivity index is 1.42. The van der Waals surface area contributed by atoms with Gasteiger partial charge in [0.2, 0.25) is 5.13 Å². The van der Waals surface area contributed by atoms with Crippen molar-refractivity contribution in [1.29, 1.82) is 0 Å².